The number of ether oxygens (including phenoxy) is 1. The molecular weight excluding hydrogens is 352 g/mol. The zero-order chi connectivity index (χ0) is 17.9. The molecule has 1 aromatic rings. The average molecular weight is 375 g/mol. The number of halogens is 1. The first kappa shape index (κ1) is 19.0. The molecule has 1 fully saturated rings. The van der Waals surface area contributed by atoms with Gasteiger partial charge in [-0.1, -0.05) is 18.5 Å². The van der Waals surface area contributed by atoms with Crippen LogP contribution in [0.3, 0.4) is 0 Å². The van der Waals surface area contributed by atoms with Crippen LogP contribution in [0.2, 0.25) is 5.02 Å². The van der Waals surface area contributed by atoms with Gasteiger partial charge in [0.15, 0.2) is 0 Å². The van der Waals surface area contributed by atoms with Gasteiger partial charge in [0.25, 0.3) is 0 Å². The highest BCUT2D eigenvalue weighted by molar-refractivity contribution is 7.89. The topological polar surface area (TPSA) is 75.7 Å². The van der Waals surface area contributed by atoms with E-state index in [1.807, 2.05) is 0 Å². The van der Waals surface area contributed by atoms with Crippen LogP contribution in [0.5, 0.6) is 5.75 Å². The lowest BCUT2D eigenvalue weighted by atomic mass is 9.99. The second-order valence-electron chi connectivity index (χ2n) is 6.15. The lowest BCUT2D eigenvalue weighted by molar-refractivity contribution is -0.133. The third-order valence-electron chi connectivity index (χ3n) is 4.21. The molecule has 0 spiro atoms. The molecule has 1 saturated heterocycles. The van der Waals surface area contributed by atoms with Crippen molar-refractivity contribution in [1.82, 2.24) is 9.62 Å². The van der Waals surface area contributed by atoms with Gasteiger partial charge in [-0.2, -0.15) is 4.72 Å². The molecule has 24 heavy (non-hydrogen) atoms. The molecule has 0 aromatic heterocycles. The van der Waals surface area contributed by atoms with E-state index >= 15 is 0 Å². The van der Waals surface area contributed by atoms with Gasteiger partial charge in [0.1, 0.15) is 10.6 Å². The van der Waals surface area contributed by atoms with Crippen LogP contribution in [0, 0.1) is 5.92 Å². The van der Waals surface area contributed by atoms with Gasteiger partial charge < -0.3 is 9.64 Å². The minimum atomic E-state index is -3.93. The second kappa shape index (κ2) is 7.72. The highest BCUT2D eigenvalue weighted by atomic mass is 35.5. The quantitative estimate of drug-likeness (QED) is 0.857. The fourth-order valence-electron chi connectivity index (χ4n) is 2.71. The standard InChI is InChI=1S/C16H23ClN2O4S/c1-11-6-8-19(9-7-11)16(20)12(2)18-24(21,22)15-10-13(17)4-5-14(15)23-3/h4-5,10-12,18H,6-9H2,1-3H3/t12-/m1/s1. The van der Waals surface area contributed by atoms with Crippen LogP contribution in [-0.4, -0.2) is 45.5 Å². The summed E-state index contributed by atoms with van der Waals surface area (Å²) in [7, 11) is -2.55. The molecule has 0 saturated carbocycles. The maximum absolute atomic E-state index is 12.6. The number of piperidine rings is 1. The zero-order valence-corrected chi connectivity index (χ0v) is 15.7. The maximum Gasteiger partial charge on any atom is 0.245 e. The molecule has 0 aliphatic carbocycles. The number of carbonyl (C=O) groups is 1. The molecule has 1 aromatic carbocycles. The minimum absolute atomic E-state index is 0.0792. The zero-order valence-electron chi connectivity index (χ0n) is 14.1. The first-order valence-electron chi connectivity index (χ1n) is 7.89. The van der Waals surface area contributed by atoms with Crippen LogP contribution in [0.4, 0.5) is 0 Å². The molecule has 134 valence electrons. The summed E-state index contributed by atoms with van der Waals surface area (Å²) in [6, 6.07) is 3.48. The predicted octanol–water partition coefficient (Wildman–Crippen LogP) is 2.27. The van der Waals surface area contributed by atoms with Gasteiger partial charge in [-0.15, -0.1) is 0 Å². The normalized spacial score (nSPS) is 17.6. The van der Waals surface area contributed by atoms with Gasteiger partial charge in [-0.3, -0.25) is 4.79 Å². The number of likely N-dealkylation sites (tertiary alicyclic amines) is 1. The maximum atomic E-state index is 12.6. The highest BCUT2D eigenvalue weighted by Crippen LogP contribution is 2.27. The Bertz CT molecular complexity index is 700. The van der Waals surface area contributed by atoms with Crippen molar-refractivity contribution < 1.29 is 17.9 Å². The van der Waals surface area contributed by atoms with Crippen molar-refractivity contribution in [3.05, 3.63) is 23.2 Å². The summed E-state index contributed by atoms with van der Waals surface area (Å²) >= 11 is 5.89. The molecule has 0 bridgehead atoms. The Morgan fingerprint density at radius 3 is 2.58 bits per heavy atom. The number of rotatable bonds is 5. The van der Waals surface area contributed by atoms with E-state index in [9.17, 15) is 13.2 Å². The summed E-state index contributed by atoms with van der Waals surface area (Å²) in [4.78, 5) is 14.1. The van der Waals surface area contributed by atoms with E-state index in [4.69, 9.17) is 16.3 Å². The fraction of sp³-hybridized carbons (Fsp3) is 0.562. The molecular formula is C16H23ClN2O4S. The molecule has 8 heteroatoms. The van der Waals surface area contributed by atoms with E-state index in [1.165, 1.54) is 19.2 Å². The van der Waals surface area contributed by atoms with E-state index in [0.29, 0.717) is 19.0 Å². The second-order valence-corrected chi connectivity index (χ2v) is 8.26. The van der Waals surface area contributed by atoms with Gasteiger partial charge in [0.2, 0.25) is 15.9 Å². The first-order chi connectivity index (χ1) is 11.2. The van der Waals surface area contributed by atoms with Crippen LogP contribution in [0.15, 0.2) is 23.1 Å². The first-order valence-corrected chi connectivity index (χ1v) is 9.75. The summed E-state index contributed by atoms with van der Waals surface area (Å²) in [6.45, 7) is 5.02. The summed E-state index contributed by atoms with van der Waals surface area (Å²) < 4.78 is 32.7. The Morgan fingerprint density at radius 2 is 2.00 bits per heavy atom. The number of nitrogens with zero attached hydrogens (tertiary/aromatic N) is 1. The summed E-state index contributed by atoms with van der Waals surface area (Å²) in [6.07, 6.45) is 1.88. The molecule has 2 rings (SSSR count). The Hall–Kier alpha value is -1.31. The number of carbonyl (C=O) groups excluding carboxylic acids is 1. The van der Waals surface area contributed by atoms with Crippen molar-refractivity contribution in [2.75, 3.05) is 20.2 Å². The van der Waals surface area contributed by atoms with Crippen LogP contribution in [-0.2, 0) is 14.8 Å². The van der Waals surface area contributed by atoms with E-state index in [0.717, 1.165) is 12.8 Å². The smallest absolute Gasteiger partial charge is 0.245 e. The number of amides is 1. The van der Waals surface area contributed by atoms with Crippen LogP contribution in [0.1, 0.15) is 26.7 Å². The van der Waals surface area contributed by atoms with Crippen molar-refractivity contribution >= 4 is 27.5 Å². The van der Waals surface area contributed by atoms with E-state index < -0.39 is 16.1 Å². The van der Waals surface area contributed by atoms with Crippen molar-refractivity contribution in [1.29, 1.82) is 0 Å². The average Bonchev–Trinajstić information content (AvgIpc) is 2.54. The van der Waals surface area contributed by atoms with Gasteiger partial charge in [-0.05, 0) is 43.9 Å². The van der Waals surface area contributed by atoms with Crippen LogP contribution >= 0.6 is 11.6 Å². The molecule has 0 radical (unpaired) electrons. The number of hydrogen-bond acceptors (Lipinski definition) is 4. The van der Waals surface area contributed by atoms with E-state index in [1.54, 1.807) is 17.9 Å². The van der Waals surface area contributed by atoms with Crippen molar-refractivity contribution in [3.63, 3.8) is 0 Å². The number of methoxy groups -OCH3 is 1. The lowest BCUT2D eigenvalue weighted by Gasteiger charge is -2.32. The number of sulfonamides is 1. The number of nitrogens with one attached hydrogen (secondary N) is 1. The molecule has 1 aliphatic heterocycles. The molecule has 1 N–H and O–H groups in total. The Morgan fingerprint density at radius 1 is 1.38 bits per heavy atom. The molecule has 6 nitrogen and oxygen atoms in total. The fourth-order valence-corrected chi connectivity index (χ4v) is 4.34. The number of benzene rings is 1. The summed E-state index contributed by atoms with van der Waals surface area (Å²) in [5.74, 6) is 0.557. The van der Waals surface area contributed by atoms with Crippen molar-refractivity contribution in [2.45, 2.75) is 37.6 Å². The lowest BCUT2D eigenvalue weighted by Crippen LogP contribution is -2.49. The Balaban J connectivity index is 2.14. The molecule has 1 amide bonds. The molecule has 1 atom stereocenters. The van der Waals surface area contributed by atoms with Gasteiger partial charge in [0, 0.05) is 18.1 Å². The third kappa shape index (κ3) is 4.40. The minimum Gasteiger partial charge on any atom is -0.495 e. The Kier molecular flexibility index (Phi) is 6.11. The van der Waals surface area contributed by atoms with Crippen LogP contribution < -0.4 is 9.46 Å². The summed E-state index contributed by atoms with van der Waals surface area (Å²) in [5.41, 5.74) is 0. The SMILES string of the molecule is COc1ccc(Cl)cc1S(=O)(=O)N[C@H](C)C(=O)N1CCC(C)CC1. The third-order valence-corrected chi connectivity index (χ3v) is 6.01. The van der Waals surface area contributed by atoms with Gasteiger partial charge in [-0.25, -0.2) is 8.42 Å². The van der Waals surface area contributed by atoms with E-state index in [2.05, 4.69) is 11.6 Å². The van der Waals surface area contributed by atoms with Crippen molar-refractivity contribution in [2.24, 2.45) is 5.92 Å². The van der Waals surface area contributed by atoms with Gasteiger partial charge in [0.05, 0.1) is 13.2 Å². The summed E-state index contributed by atoms with van der Waals surface area (Å²) in [5, 5.41) is 0.278. The molecule has 0 unspecified atom stereocenters. The molecule has 1 heterocycles. The Labute approximate surface area is 148 Å². The molecule has 1 aliphatic rings. The van der Waals surface area contributed by atoms with Gasteiger partial charge >= 0.3 is 0 Å². The predicted molar refractivity (Wildman–Crippen MR) is 92.8 cm³/mol. The monoisotopic (exact) mass is 374 g/mol. The van der Waals surface area contributed by atoms with Crippen LogP contribution in [0.25, 0.3) is 0 Å². The van der Waals surface area contributed by atoms with E-state index in [-0.39, 0.29) is 21.6 Å². The number of hydrogen-bond donors (Lipinski definition) is 1. The van der Waals surface area contributed by atoms with Crippen molar-refractivity contribution in [3.8, 4) is 5.75 Å². The largest absolute Gasteiger partial charge is 0.495 e. The highest BCUT2D eigenvalue weighted by Gasteiger charge is 2.29.